The minimum absolute atomic E-state index is 0.0690. The lowest BCUT2D eigenvalue weighted by Gasteiger charge is -2.04. The van der Waals surface area contributed by atoms with Crippen molar-refractivity contribution in [2.75, 3.05) is 14.1 Å². The second-order valence-electron chi connectivity index (χ2n) is 5.12. The molecule has 0 aliphatic rings. The number of hydrogen-bond donors (Lipinski definition) is 2. The molecule has 0 bridgehead atoms. The van der Waals surface area contributed by atoms with Crippen LogP contribution >= 0.6 is 0 Å². The molecule has 5 nitrogen and oxygen atoms in total. The number of aromatic nitrogens is 2. The standard InChI is InChI=1S/C16H15N3O2/c1-19(2)8-6-14(20)10-3-4-13-12(9-10)11-5-7-17-15(11)16(21)18-13/h3-9,17H,1-2H3,(H,18,21). The molecule has 3 rings (SSSR count). The van der Waals surface area contributed by atoms with E-state index in [1.807, 2.05) is 26.2 Å². The van der Waals surface area contributed by atoms with E-state index in [1.165, 1.54) is 6.08 Å². The number of hydrogen-bond acceptors (Lipinski definition) is 3. The van der Waals surface area contributed by atoms with Gasteiger partial charge in [0.2, 0.25) is 0 Å². The first-order valence-corrected chi connectivity index (χ1v) is 6.58. The Bertz CT molecular complexity index is 916. The summed E-state index contributed by atoms with van der Waals surface area (Å²) < 4.78 is 0. The van der Waals surface area contributed by atoms with Gasteiger partial charge in [0.05, 0.1) is 0 Å². The number of rotatable bonds is 3. The number of benzene rings is 1. The highest BCUT2D eigenvalue weighted by atomic mass is 16.1. The van der Waals surface area contributed by atoms with Crippen molar-refractivity contribution in [1.29, 1.82) is 0 Å². The molecule has 1 aromatic carbocycles. The molecule has 3 aromatic rings. The van der Waals surface area contributed by atoms with Gasteiger partial charge in [0.25, 0.3) is 5.56 Å². The van der Waals surface area contributed by atoms with E-state index in [-0.39, 0.29) is 11.3 Å². The van der Waals surface area contributed by atoms with E-state index < -0.39 is 0 Å². The third-order valence-electron chi connectivity index (χ3n) is 3.34. The maximum atomic E-state index is 12.1. The Kier molecular flexibility index (Phi) is 3.10. The van der Waals surface area contributed by atoms with Crippen LogP contribution in [0.1, 0.15) is 10.4 Å². The largest absolute Gasteiger partial charge is 0.383 e. The molecule has 5 heteroatoms. The quantitative estimate of drug-likeness (QED) is 0.571. The number of carbonyl (C=O) groups is 1. The molecule has 0 unspecified atom stereocenters. The molecular formula is C16H15N3O2. The Morgan fingerprint density at radius 1 is 1.19 bits per heavy atom. The predicted molar refractivity (Wildman–Crippen MR) is 83.6 cm³/mol. The van der Waals surface area contributed by atoms with E-state index in [4.69, 9.17) is 0 Å². The molecule has 0 atom stereocenters. The fourth-order valence-corrected chi connectivity index (χ4v) is 2.31. The van der Waals surface area contributed by atoms with Gasteiger partial charge in [-0.25, -0.2) is 0 Å². The summed E-state index contributed by atoms with van der Waals surface area (Å²) in [5.74, 6) is -0.0690. The zero-order valence-electron chi connectivity index (χ0n) is 11.8. The average molecular weight is 281 g/mol. The van der Waals surface area contributed by atoms with E-state index in [1.54, 1.807) is 29.4 Å². The van der Waals surface area contributed by atoms with Crippen molar-refractivity contribution in [2.45, 2.75) is 0 Å². The first-order chi connectivity index (χ1) is 10.1. The van der Waals surface area contributed by atoms with Gasteiger partial charge < -0.3 is 14.9 Å². The smallest absolute Gasteiger partial charge is 0.272 e. The van der Waals surface area contributed by atoms with Crippen LogP contribution in [0.2, 0.25) is 0 Å². The van der Waals surface area contributed by atoms with Gasteiger partial charge in [-0.2, -0.15) is 0 Å². The first kappa shape index (κ1) is 13.2. The van der Waals surface area contributed by atoms with Gasteiger partial charge in [-0.1, -0.05) is 0 Å². The third kappa shape index (κ3) is 2.33. The fraction of sp³-hybridized carbons (Fsp3) is 0.125. The van der Waals surface area contributed by atoms with Gasteiger partial charge in [0.15, 0.2) is 5.78 Å². The molecule has 0 radical (unpaired) electrons. The minimum atomic E-state index is -0.158. The first-order valence-electron chi connectivity index (χ1n) is 6.58. The number of allylic oxidation sites excluding steroid dienone is 1. The van der Waals surface area contributed by atoms with Crippen molar-refractivity contribution >= 4 is 27.6 Å². The van der Waals surface area contributed by atoms with Gasteiger partial charge in [-0.3, -0.25) is 9.59 Å². The maximum Gasteiger partial charge on any atom is 0.272 e. The monoisotopic (exact) mass is 281 g/mol. The van der Waals surface area contributed by atoms with E-state index in [0.717, 1.165) is 16.3 Å². The van der Waals surface area contributed by atoms with Gasteiger partial charge in [0.1, 0.15) is 5.52 Å². The average Bonchev–Trinajstić information content (AvgIpc) is 2.95. The van der Waals surface area contributed by atoms with Crippen LogP contribution in [0, 0.1) is 0 Å². The summed E-state index contributed by atoms with van der Waals surface area (Å²) in [6.07, 6.45) is 4.96. The summed E-state index contributed by atoms with van der Waals surface area (Å²) in [4.78, 5) is 31.6. The molecular weight excluding hydrogens is 266 g/mol. The number of nitrogens with zero attached hydrogens (tertiary/aromatic N) is 1. The lowest BCUT2D eigenvalue weighted by atomic mass is 10.0. The van der Waals surface area contributed by atoms with Gasteiger partial charge in [-0.15, -0.1) is 0 Å². The SMILES string of the molecule is CN(C)C=CC(=O)c1ccc2[nH]c(=O)c3[nH]ccc3c2c1. The lowest BCUT2D eigenvalue weighted by molar-refractivity contribution is 0.104. The summed E-state index contributed by atoms with van der Waals surface area (Å²) >= 11 is 0. The summed E-state index contributed by atoms with van der Waals surface area (Å²) in [6, 6.07) is 7.14. The minimum Gasteiger partial charge on any atom is -0.383 e. The van der Waals surface area contributed by atoms with Crippen LogP contribution in [0.4, 0.5) is 0 Å². The van der Waals surface area contributed by atoms with Crippen LogP contribution in [0.25, 0.3) is 21.8 Å². The van der Waals surface area contributed by atoms with Crippen molar-refractivity contribution in [3.05, 3.63) is 58.7 Å². The topological polar surface area (TPSA) is 69.0 Å². The van der Waals surface area contributed by atoms with Crippen molar-refractivity contribution in [3.63, 3.8) is 0 Å². The fourth-order valence-electron chi connectivity index (χ4n) is 2.31. The molecule has 0 aliphatic heterocycles. The van der Waals surface area contributed by atoms with Crippen molar-refractivity contribution in [2.24, 2.45) is 0 Å². The molecule has 0 fully saturated rings. The van der Waals surface area contributed by atoms with Crippen molar-refractivity contribution < 1.29 is 4.79 Å². The molecule has 2 N–H and O–H groups in total. The molecule has 2 aromatic heterocycles. The van der Waals surface area contributed by atoms with Crippen molar-refractivity contribution in [3.8, 4) is 0 Å². The maximum absolute atomic E-state index is 12.1. The number of nitrogens with one attached hydrogen (secondary N) is 2. The third-order valence-corrected chi connectivity index (χ3v) is 3.34. The van der Waals surface area contributed by atoms with Gasteiger partial charge >= 0.3 is 0 Å². The Hall–Kier alpha value is -2.82. The van der Waals surface area contributed by atoms with Gasteiger partial charge in [-0.05, 0) is 24.3 Å². The normalized spacial score (nSPS) is 11.5. The summed E-state index contributed by atoms with van der Waals surface area (Å²) in [5.41, 5.74) is 1.68. The highest BCUT2D eigenvalue weighted by Crippen LogP contribution is 2.22. The van der Waals surface area contributed by atoms with Crippen LogP contribution in [-0.2, 0) is 0 Å². The number of ketones is 1. The Morgan fingerprint density at radius 3 is 2.76 bits per heavy atom. The van der Waals surface area contributed by atoms with Gasteiger partial charge in [0, 0.05) is 54.4 Å². The molecule has 0 amide bonds. The summed E-state index contributed by atoms with van der Waals surface area (Å²) in [6.45, 7) is 0. The number of H-pyrrole nitrogens is 2. The van der Waals surface area contributed by atoms with E-state index in [9.17, 15) is 9.59 Å². The van der Waals surface area contributed by atoms with Crippen LogP contribution in [-0.4, -0.2) is 34.7 Å². The Balaban J connectivity index is 2.18. The highest BCUT2D eigenvalue weighted by Gasteiger charge is 2.09. The molecule has 0 spiro atoms. The van der Waals surface area contributed by atoms with Crippen LogP contribution in [0.3, 0.4) is 0 Å². The predicted octanol–water partition coefficient (Wildman–Crippen LogP) is 2.27. The van der Waals surface area contributed by atoms with Crippen molar-refractivity contribution in [1.82, 2.24) is 14.9 Å². The zero-order chi connectivity index (χ0) is 15.0. The lowest BCUT2D eigenvalue weighted by Crippen LogP contribution is -2.07. The molecule has 0 saturated carbocycles. The van der Waals surface area contributed by atoms with Crippen LogP contribution in [0.5, 0.6) is 0 Å². The molecule has 0 saturated heterocycles. The second kappa shape index (κ2) is 4.94. The number of fused-ring (bicyclic) bond motifs is 3. The summed E-state index contributed by atoms with van der Waals surface area (Å²) in [5, 5.41) is 1.68. The number of aromatic amines is 2. The number of pyridine rings is 1. The van der Waals surface area contributed by atoms with E-state index in [0.29, 0.717) is 11.1 Å². The van der Waals surface area contributed by atoms with E-state index in [2.05, 4.69) is 9.97 Å². The highest BCUT2D eigenvalue weighted by molar-refractivity contribution is 6.10. The van der Waals surface area contributed by atoms with Crippen LogP contribution in [0.15, 0.2) is 47.5 Å². The summed E-state index contributed by atoms with van der Waals surface area (Å²) in [7, 11) is 3.72. The second-order valence-corrected chi connectivity index (χ2v) is 5.12. The van der Waals surface area contributed by atoms with Crippen LogP contribution < -0.4 is 5.56 Å². The Morgan fingerprint density at radius 2 is 2.00 bits per heavy atom. The number of carbonyl (C=O) groups excluding carboxylic acids is 1. The molecule has 106 valence electrons. The zero-order valence-corrected chi connectivity index (χ0v) is 11.8. The molecule has 2 heterocycles. The van der Waals surface area contributed by atoms with E-state index >= 15 is 0 Å². The molecule has 0 aliphatic carbocycles. The Labute approximate surface area is 120 Å². The molecule has 21 heavy (non-hydrogen) atoms.